The third-order valence-electron chi connectivity index (χ3n) is 2.29. The van der Waals surface area contributed by atoms with Crippen LogP contribution < -0.4 is 0 Å². The number of hydrogen-bond donors (Lipinski definition) is 1. The molecule has 0 radical (unpaired) electrons. The predicted octanol–water partition coefficient (Wildman–Crippen LogP) is 3.50. The van der Waals surface area contributed by atoms with Crippen molar-refractivity contribution in [3.63, 3.8) is 0 Å². The van der Waals surface area contributed by atoms with Crippen LogP contribution in [-0.4, -0.2) is 5.11 Å². The van der Waals surface area contributed by atoms with Crippen LogP contribution in [0.25, 0.3) is 11.1 Å². The van der Waals surface area contributed by atoms with E-state index in [1.165, 1.54) is 0 Å². The summed E-state index contributed by atoms with van der Waals surface area (Å²) in [5.41, 5.74) is 2.93. The van der Waals surface area contributed by atoms with Gasteiger partial charge in [0.1, 0.15) is 0 Å². The van der Waals surface area contributed by atoms with Crippen LogP contribution in [0.3, 0.4) is 0 Å². The number of halogens is 1. The maximum absolute atomic E-state index is 9.05. The second-order valence-electron chi connectivity index (χ2n) is 3.34. The Balaban J connectivity index is 2.49. The average molecular weight is 219 g/mol. The molecule has 2 heteroatoms. The molecule has 0 amide bonds. The Labute approximate surface area is 94.0 Å². The van der Waals surface area contributed by atoms with Gasteiger partial charge in [-0.15, -0.1) is 0 Å². The van der Waals surface area contributed by atoms with Gasteiger partial charge in [0.05, 0.1) is 6.61 Å². The average Bonchev–Trinajstić information content (AvgIpc) is 2.30. The van der Waals surface area contributed by atoms with E-state index in [0.717, 1.165) is 21.7 Å². The topological polar surface area (TPSA) is 20.2 Å². The van der Waals surface area contributed by atoms with Crippen LogP contribution in [0.2, 0.25) is 5.02 Å². The molecule has 15 heavy (non-hydrogen) atoms. The number of aliphatic hydroxyl groups is 1. The maximum atomic E-state index is 9.05. The van der Waals surface area contributed by atoms with E-state index in [0.29, 0.717) is 0 Å². The monoisotopic (exact) mass is 218 g/mol. The summed E-state index contributed by atoms with van der Waals surface area (Å²) in [6.45, 7) is 0.0539. The number of hydrogen-bond acceptors (Lipinski definition) is 1. The van der Waals surface area contributed by atoms with Gasteiger partial charge in [-0.1, -0.05) is 48.0 Å². The molecule has 2 rings (SSSR count). The fourth-order valence-electron chi connectivity index (χ4n) is 1.53. The molecule has 1 N–H and O–H groups in total. The van der Waals surface area contributed by atoms with Crippen molar-refractivity contribution in [1.29, 1.82) is 0 Å². The van der Waals surface area contributed by atoms with Crippen LogP contribution in [0.4, 0.5) is 0 Å². The summed E-state index contributed by atoms with van der Waals surface area (Å²) < 4.78 is 0. The predicted molar refractivity (Wildman–Crippen MR) is 62.8 cm³/mol. The molecule has 0 aliphatic rings. The number of benzene rings is 2. The van der Waals surface area contributed by atoms with Crippen molar-refractivity contribution in [1.82, 2.24) is 0 Å². The van der Waals surface area contributed by atoms with Gasteiger partial charge in [0.2, 0.25) is 0 Å². The van der Waals surface area contributed by atoms with E-state index >= 15 is 0 Å². The summed E-state index contributed by atoms with van der Waals surface area (Å²) in [6.07, 6.45) is 0. The minimum Gasteiger partial charge on any atom is -0.392 e. The molecule has 0 bridgehead atoms. The van der Waals surface area contributed by atoms with Crippen LogP contribution in [-0.2, 0) is 6.61 Å². The smallest absolute Gasteiger partial charge is 0.0682 e. The fourth-order valence-corrected chi connectivity index (χ4v) is 1.78. The van der Waals surface area contributed by atoms with Gasteiger partial charge < -0.3 is 5.11 Å². The maximum Gasteiger partial charge on any atom is 0.0682 e. The van der Waals surface area contributed by atoms with Gasteiger partial charge in [-0.3, -0.25) is 0 Å². The molecule has 76 valence electrons. The summed E-state index contributed by atoms with van der Waals surface area (Å²) in [5, 5.41) is 9.77. The lowest BCUT2D eigenvalue weighted by Gasteiger charge is -2.05. The first-order valence-electron chi connectivity index (χ1n) is 4.76. The third kappa shape index (κ3) is 2.20. The van der Waals surface area contributed by atoms with E-state index in [9.17, 15) is 0 Å². The Morgan fingerprint density at radius 3 is 2.53 bits per heavy atom. The lowest BCUT2D eigenvalue weighted by atomic mass is 10.0. The molecule has 0 unspecified atom stereocenters. The van der Waals surface area contributed by atoms with E-state index in [2.05, 4.69) is 0 Å². The van der Waals surface area contributed by atoms with Crippen molar-refractivity contribution >= 4 is 11.6 Å². The largest absolute Gasteiger partial charge is 0.392 e. The van der Waals surface area contributed by atoms with Gasteiger partial charge in [-0.2, -0.15) is 0 Å². The van der Waals surface area contributed by atoms with E-state index in [4.69, 9.17) is 16.7 Å². The molecule has 0 aliphatic carbocycles. The van der Waals surface area contributed by atoms with Crippen molar-refractivity contribution in [3.05, 3.63) is 59.1 Å². The molecule has 0 saturated heterocycles. The van der Waals surface area contributed by atoms with E-state index in [-0.39, 0.29) is 6.61 Å². The zero-order chi connectivity index (χ0) is 10.7. The highest BCUT2D eigenvalue weighted by atomic mass is 35.5. The van der Waals surface area contributed by atoms with E-state index in [1.807, 2.05) is 48.5 Å². The molecule has 0 heterocycles. The number of rotatable bonds is 2. The molecular weight excluding hydrogens is 208 g/mol. The molecule has 0 spiro atoms. The highest BCUT2D eigenvalue weighted by Gasteiger charge is 2.02. The third-order valence-corrected chi connectivity index (χ3v) is 2.62. The van der Waals surface area contributed by atoms with Gasteiger partial charge in [0.15, 0.2) is 0 Å². The van der Waals surface area contributed by atoms with Gasteiger partial charge in [0.25, 0.3) is 0 Å². The lowest BCUT2D eigenvalue weighted by molar-refractivity contribution is 0.282. The second-order valence-corrected chi connectivity index (χ2v) is 3.75. The minimum absolute atomic E-state index is 0.0539. The van der Waals surface area contributed by atoms with Crippen LogP contribution in [0, 0.1) is 0 Å². The highest BCUT2D eigenvalue weighted by molar-refractivity contribution is 6.33. The molecule has 1 nitrogen and oxygen atoms in total. The first kappa shape index (κ1) is 10.2. The van der Waals surface area contributed by atoms with Crippen molar-refractivity contribution < 1.29 is 5.11 Å². The Hall–Kier alpha value is -1.31. The van der Waals surface area contributed by atoms with Gasteiger partial charge in [-0.25, -0.2) is 0 Å². The molecule has 0 atom stereocenters. The standard InChI is InChI=1S/C13H11ClO/c14-13-7-2-1-6-12(13)11-5-3-4-10(8-11)9-15/h1-8,15H,9H2. The summed E-state index contributed by atoms with van der Waals surface area (Å²) in [7, 11) is 0. The van der Waals surface area contributed by atoms with Gasteiger partial charge in [0, 0.05) is 10.6 Å². The van der Waals surface area contributed by atoms with Crippen molar-refractivity contribution in [2.75, 3.05) is 0 Å². The first-order valence-corrected chi connectivity index (χ1v) is 5.14. The van der Waals surface area contributed by atoms with Crippen molar-refractivity contribution in [2.45, 2.75) is 6.61 Å². The molecule has 0 fully saturated rings. The summed E-state index contributed by atoms with van der Waals surface area (Å²) in [5.74, 6) is 0. The lowest BCUT2D eigenvalue weighted by Crippen LogP contribution is -1.84. The Bertz CT molecular complexity index is 466. The molecule has 0 saturated carbocycles. The summed E-state index contributed by atoms with van der Waals surface area (Å²) in [6, 6.07) is 15.4. The summed E-state index contributed by atoms with van der Waals surface area (Å²) in [4.78, 5) is 0. The van der Waals surface area contributed by atoms with Crippen LogP contribution in [0.15, 0.2) is 48.5 Å². The van der Waals surface area contributed by atoms with Gasteiger partial charge in [-0.05, 0) is 23.3 Å². The van der Waals surface area contributed by atoms with Crippen molar-refractivity contribution in [2.24, 2.45) is 0 Å². The Morgan fingerprint density at radius 2 is 1.80 bits per heavy atom. The SMILES string of the molecule is OCc1cccc(-c2ccccc2Cl)c1. The highest BCUT2D eigenvalue weighted by Crippen LogP contribution is 2.27. The van der Waals surface area contributed by atoms with Crippen LogP contribution in [0.5, 0.6) is 0 Å². The van der Waals surface area contributed by atoms with Crippen LogP contribution >= 0.6 is 11.6 Å². The molecule has 2 aromatic carbocycles. The summed E-state index contributed by atoms with van der Waals surface area (Å²) >= 11 is 6.09. The van der Waals surface area contributed by atoms with Crippen molar-refractivity contribution in [3.8, 4) is 11.1 Å². The molecule has 0 aliphatic heterocycles. The minimum atomic E-state index is 0.0539. The van der Waals surface area contributed by atoms with E-state index < -0.39 is 0 Å². The van der Waals surface area contributed by atoms with Gasteiger partial charge >= 0.3 is 0 Å². The molecular formula is C13H11ClO. The zero-order valence-electron chi connectivity index (χ0n) is 8.15. The second kappa shape index (κ2) is 4.47. The van der Waals surface area contributed by atoms with Crippen LogP contribution in [0.1, 0.15) is 5.56 Å². The fraction of sp³-hybridized carbons (Fsp3) is 0.0769. The molecule has 0 aromatic heterocycles. The normalized spacial score (nSPS) is 10.3. The Kier molecular flexibility index (Phi) is 3.05. The van der Waals surface area contributed by atoms with E-state index in [1.54, 1.807) is 0 Å². The Morgan fingerprint density at radius 1 is 1.00 bits per heavy atom. The zero-order valence-corrected chi connectivity index (χ0v) is 8.91. The number of aliphatic hydroxyl groups excluding tert-OH is 1. The molecule has 2 aromatic rings. The first-order chi connectivity index (χ1) is 7.31. The quantitative estimate of drug-likeness (QED) is 0.818.